The molecule has 1 aromatic heterocycles. The van der Waals surface area contributed by atoms with Crippen molar-refractivity contribution in [2.75, 3.05) is 24.5 Å². The van der Waals surface area contributed by atoms with Crippen molar-refractivity contribution in [3.8, 4) is 0 Å². The Morgan fingerprint density at radius 3 is 3.19 bits per heavy atom. The van der Waals surface area contributed by atoms with E-state index in [1.807, 2.05) is 12.3 Å². The number of nitrogens with one attached hydrogen (secondary N) is 1. The molecule has 1 aliphatic heterocycles. The van der Waals surface area contributed by atoms with Gasteiger partial charge >= 0.3 is 0 Å². The molecule has 1 N–H and O–H groups in total. The van der Waals surface area contributed by atoms with Crippen LogP contribution in [0.2, 0.25) is 0 Å². The third-order valence-electron chi connectivity index (χ3n) is 3.21. The van der Waals surface area contributed by atoms with Crippen molar-refractivity contribution in [1.29, 1.82) is 0 Å². The molecule has 1 unspecified atom stereocenters. The molecule has 3 nitrogen and oxygen atoms in total. The highest BCUT2D eigenvalue weighted by Crippen LogP contribution is 2.19. The maximum atomic E-state index is 4.36. The average molecular weight is 219 g/mol. The Balaban J connectivity index is 2.07. The molecule has 0 radical (unpaired) electrons. The zero-order valence-electron chi connectivity index (χ0n) is 10.2. The first-order valence-corrected chi connectivity index (χ1v) is 6.21. The number of pyridine rings is 1. The van der Waals surface area contributed by atoms with Gasteiger partial charge in [0.25, 0.3) is 0 Å². The summed E-state index contributed by atoms with van der Waals surface area (Å²) in [5, 5.41) is 3.58. The van der Waals surface area contributed by atoms with Gasteiger partial charge in [-0.15, -0.1) is 0 Å². The smallest absolute Gasteiger partial charge is 0.0605 e. The summed E-state index contributed by atoms with van der Waals surface area (Å²) in [6.07, 6.45) is 4.37. The summed E-state index contributed by atoms with van der Waals surface area (Å²) in [4.78, 5) is 6.82. The minimum Gasteiger partial charge on any atom is -0.367 e. The zero-order chi connectivity index (χ0) is 11.4. The fourth-order valence-electron chi connectivity index (χ4n) is 2.40. The molecule has 0 aliphatic carbocycles. The Hall–Kier alpha value is -1.09. The van der Waals surface area contributed by atoms with E-state index in [0.29, 0.717) is 6.04 Å². The van der Waals surface area contributed by atoms with Crippen LogP contribution in [-0.2, 0) is 0 Å². The molecule has 0 spiro atoms. The van der Waals surface area contributed by atoms with Gasteiger partial charge in [0, 0.05) is 31.9 Å². The number of hydrogen-bond donors (Lipinski definition) is 1. The molecule has 0 aromatic carbocycles. The van der Waals surface area contributed by atoms with Crippen molar-refractivity contribution in [1.82, 2.24) is 10.3 Å². The highest BCUT2D eigenvalue weighted by atomic mass is 15.2. The summed E-state index contributed by atoms with van der Waals surface area (Å²) in [6, 6.07) is 4.84. The highest BCUT2D eigenvalue weighted by Gasteiger charge is 2.19. The van der Waals surface area contributed by atoms with E-state index >= 15 is 0 Å². The van der Waals surface area contributed by atoms with E-state index in [9.17, 15) is 0 Å². The molecule has 1 atom stereocenters. The monoisotopic (exact) mass is 219 g/mol. The second-order valence-corrected chi connectivity index (χ2v) is 4.49. The molecule has 0 saturated carbocycles. The van der Waals surface area contributed by atoms with E-state index in [1.165, 1.54) is 18.5 Å². The number of anilines is 1. The molecule has 1 saturated heterocycles. The third kappa shape index (κ3) is 2.53. The Labute approximate surface area is 97.9 Å². The van der Waals surface area contributed by atoms with E-state index in [4.69, 9.17) is 0 Å². The Morgan fingerprint density at radius 1 is 1.56 bits per heavy atom. The molecule has 3 heteroatoms. The van der Waals surface area contributed by atoms with Crippen LogP contribution in [0.3, 0.4) is 0 Å². The van der Waals surface area contributed by atoms with Crippen LogP contribution in [0, 0.1) is 6.92 Å². The Bertz CT molecular complexity index is 336. The summed E-state index contributed by atoms with van der Waals surface area (Å²) >= 11 is 0. The SMILES string of the molecule is CCCC1CN(c2cccnc2C)CCN1. The lowest BCUT2D eigenvalue weighted by Gasteiger charge is -2.35. The van der Waals surface area contributed by atoms with Crippen LogP contribution < -0.4 is 10.2 Å². The molecular weight excluding hydrogens is 198 g/mol. The predicted molar refractivity (Wildman–Crippen MR) is 67.9 cm³/mol. The van der Waals surface area contributed by atoms with Gasteiger partial charge in [-0.3, -0.25) is 4.98 Å². The van der Waals surface area contributed by atoms with Gasteiger partial charge in [-0.25, -0.2) is 0 Å². The lowest BCUT2D eigenvalue weighted by molar-refractivity contribution is 0.430. The number of piperazine rings is 1. The third-order valence-corrected chi connectivity index (χ3v) is 3.21. The van der Waals surface area contributed by atoms with E-state index in [2.05, 4.69) is 35.1 Å². The number of aryl methyl sites for hydroxylation is 1. The number of hydrogen-bond acceptors (Lipinski definition) is 3. The topological polar surface area (TPSA) is 28.2 Å². The van der Waals surface area contributed by atoms with Crippen molar-refractivity contribution in [3.05, 3.63) is 24.0 Å². The summed E-state index contributed by atoms with van der Waals surface area (Å²) in [5.74, 6) is 0. The van der Waals surface area contributed by atoms with Crippen LogP contribution in [0.1, 0.15) is 25.5 Å². The van der Waals surface area contributed by atoms with Gasteiger partial charge in [-0.2, -0.15) is 0 Å². The Morgan fingerprint density at radius 2 is 2.44 bits per heavy atom. The second-order valence-electron chi connectivity index (χ2n) is 4.49. The molecule has 88 valence electrons. The van der Waals surface area contributed by atoms with Gasteiger partial charge in [0.2, 0.25) is 0 Å². The number of rotatable bonds is 3. The maximum Gasteiger partial charge on any atom is 0.0605 e. The first kappa shape index (κ1) is 11.4. The van der Waals surface area contributed by atoms with Crippen LogP contribution in [0.15, 0.2) is 18.3 Å². The lowest BCUT2D eigenvalue weighted by Crippen LogP contribution is -2.50. The van der Waals surface area contributed by atoms with Gasteiger partial charge in [-0.05, 0) is 25.5 Å². The molecule has 0 amide bonds. The van der Waals surface area contributed by atoms with Crippen LogP contribution in [0.4, 0.5) is 5.69 Å². The summed E-state index contributed by atoms with van der Waals surface area (Å²) in [6.45, 7) is 7.62. The van der Waals surface area contributed by atoms with Crippen molar-refractivity contribution in [2.45, 2.75) is 32.7 Å². The van der Waals surface area contributed by atoms with Crippen LogP contribution >= 0.6 is 0 Å². The van der Waals surface area contributed by atoms with E-state index < -0.39 is 0 Å². The van der Waals surface area contributed by atoms with Gasteiger partial charge in [0.05, 0.1) is 11.4 Å². The standard InChI is InChI=1S/C13H21N3/c1-3-5-12-10-16(9-8-15-12)13-6-4-7-14-11(13)2/h4,6-7,12,15H,3,5,8-10H2,1-2H3. The molecule has 2 heterocycles. The quantitative estimate of drug-likeness (QED) is 0.842. The molecule has 16 heavy (non-hydrogen) atoms. The molecular formula is C13H21N3. The fourth-order valence-corrected chi connectivity index (χ4v) is 2.40. The molecule has 1 fully saturated rings. The Kier molecular flexibility index (Phi) is 3.78. The van der Waals surface area contributed by atoms with Crippen LogP contribution in [-0.4, -0.2) is 30.7 Å². The number of nitrogens with zero attached hydrogens (tertiary/aromatic N) is 2. The van der Waals surface area contributed by atoms with Crippen LogP contribution in [0.5, 0.6) is 0 Å². The van der Waals surface area contributed by atoms with Crippen molar-refractivity contribution < 1.29 is 0 Å². The first-order valence-electron chi connectivity index (χ1n) is 6.21. The zero-order valence-corrected chi connectivity index (χ0v) is 10.2. The molecule has 1 aromatic rings. The lowest BCUT2D eigenvalue weighted by atomic mass is 10.1. The van der Waals surface area contributed by atoms with Gasteiger partial charge < -0.3 is 10.2 Å². The first-order chi connectivity index (χ1) is 7.81. The van der Waals surface area contributed by atoms with E-state index in [1.54, 1.807) is 0 Å². The van der Waals surface area contributed by atoms with Gasteiger partial charge in [-0.1, -0.05) is 13.3 Å². The second kappa shape index (κ2) is 5.30. The van der Waals surface area contributed by atoms with Crippen molar-refractivity contribution >= 4 is 5.69 Å². The fraction of sp³-hybridized carbons (Fsp3) is 0.615. The highest BCUT2D eigenvalue weighted by molar-refractivity contribution is 5.50. The minimum atomic E-state index is 0.637. The summed E-state index contributed by atoms with van der Waals surface area (Å²) in [5.41, 5.74) is 2.43. The van der Waals surface area contributed by atoms with Crippen molar-refractivity contribution in [3.63, 3.8) is 0 Å². The van der Waals surface area contributed by atoms with E-state index in [-0.39, 0.29) is 0 Å². The maximum absolute atomic E-state index is 4.36. The molecule has 0 bridgehead atoms. The van der Waals surface area contributed by atoms with Gasteiger partial charge in [0.1, 0.15) is 0 Å². The molecule has 1 aliphatic rings. The summed E-state index contributed by atoms with van der Waals surface area (Å²) < 4.78 is 0. The van der Waals surface area contributed by atoms with Crippen molar-refractivity contribution in [2.24, 2.45) is 0 Å². The van der Waals surface area contributed by atoms with E-state index in [0.717, 1.165) is 25.3 Å². The average Bonchev–Trinajstić information content (AvgIpc) is 2.30. The van der Waals surface area contributed by atoms with Crippen LogP contribution in [0.25, 0.3) is 0 Å². The summed E-state index contributed by atoms with van der Waals surface area (Å²) in [7, 11) is 0. The molecule has 2 rings (SSSR count). The minimum absolute atomic E-state index is 0.637. The predicted octanol–water partition coefficient (Wildman–Crippen LogP) is 1.97. The van der Waals surface area contributed by atoms with Gasteiger partial charge in [0.15, 0.2) is 0 Å². The number of aromatic nitrogens is 1. The largest absolute Gasteiger partial charge is 0.367 e. The normalized spacial score (nSPS) is 21.1.